The summed E-state index contributed by atoms with van der Waals surface area (Å²) in [5.74, 6) is -0.658. The topological polar surface area (TPSA) is 41.6 Å². The number of hydrogen-bond donors (Lipinski definition) is 1. The second kappa shape index (κ2) is 8.10. The Balaban J connectivity index is 2.85. The van der Waals surface area contributed by atoms with Crippen molar-refractivity contribution in [1.82, 2.24) is 10.2 Å². The second-order valence-electron chi connectivity index (χ2n) is 5.55. The number of ether oxygens (including phenoxy) is 1. The van der Waals surface area contributed by atoms with E-state index in [1.807, 2.05) is 19.0 Å². The number of benzene rings is 1. The normalized spacial score (nSPS) is 14.0. The van der Waals surface area contributed by atoms with Gasteiger partial charge in [0.25, 0.3) is 0 Å². The summed E-state index contributed by atoms with van der Waals surface area (Å²) in [4.78, 5) is 14.3. The Labute approximate surface area is 126 Å². The number of carbonyl (C=O) groups is 1. The van der Waals surface area contributed by atoms with Gasteiger partial charge in [0, 0.05) is 19.5 Å². The minimum atomic E-state index is -0.936. The molecule has 0 radical (unpaired) electrons. The minimum absolute atomic E-state index is 0.256. The van der Waals surface area contributed by atoms with Crippen LogP contribution in [0.2, 0.25) is 0 Å². The number of likely N-dealkylation sites (N-methyl/N-ethyl adjacent to an activating group) is 1. The first-order valence-electron chi connectivity index (χ1n) is 7.19. The number of nitrogens with zero attached hydrogens (tertiary/aromatic N) is 1. The standard InChI is InChI=1S/C16H25FN2O2/c1-5-21-15(20)16(2,18-10-11-19(3)4)12-13-8-6-7-9-14(13)17/h6-9,18H,5,10-12H2,1-4H3. The highest BCUT2D eigenvalue weighted by molar-refractivity contribution is 5.80. The number of hydrogen-bond acceptors (Lipinski definition) is 4. The van der Waals surface area contributed by atoms with Crippen LogP contribution in [0.3, 0.4) is 0 Å². The molecule has 1 atom stereocenters. The van der Waals surface area contributed by atoms with E-state index in [0.717, 1.165) is 6.54 Å². The molecule has 0 aliphatic carbocycles. The number of carbonyl (C=O) groups excluding carboxylic acids is 1. The number of esters is 1. The molecule has 0 spiro atoms. The van der Waals surface area contributed by atoms with Crippen molar-refractivity contribution in [2.45, 2.75) is 25.8 Å². The Bertz CT molecular complexity index is 465. The lowest BCUT2D eigenvalue weighted by atomic mass is 9.92. The van der Waals surface area contributed by atoms with Gasteiger partial charge in [-0.15, -0.1) is 0 Å². The van der Waals surface area contributed by atoms with Crippen LogP contribution >= 0.6 is 0 Å². The number of rotatable bonds is 8. The van der Waals surface area contributed by atoms with Crippen LogP contribution in [0.25, 0.3) is 0 Å². The first kappa shape index (κ1) is 17.6. The first-order valence-corrected chi connectivity index (χ1v) is 7.19. The summed E-state index contributed by atoms with van der Waals surface area (Å²) in [6.45, 7) is 5.23. The quantitative estimate of drug-likeness (QED) is 0.743. The third kappa shape index (κ3) is 5.44. The van der Waals surface area contributed by atoms with Gasteiger partial charge in [0.05, 0.1) is 6.61 Å². The van der Waals surface area contributed by atoms with E-state index < -0.39 is 5.54 Å². The van der Waals surface area contributed by atoms with E-state index >= 15 is 0 Å². The molecule has 21 heavy (non-hydrogen) atoms. The molecular formula is C16H25FN2O2. The molecule has 1 aromatic carbocycles. The maximum absolute atomic E-state index is 13.8. The van der Waals surface area contributed by atoms with Gasteiger partial charge in [-0.2, -0.15) is 0 Å². The van der Waals surface area contributed by atoms with E-state index in [-0.39, 0.29) is 18.2 Å². The predicted octanol–water partition coefficient (Wildman–Crippen LogP) is 1.84. The molecule has 0 amide bonds. The number of nitrogens with one attached hydrogen (secondary N) is 1. The zero-order valence-electron chi connectivity index (χ0n) is 13.3. The Morgan fingerprint density at radius 3 is 2.62 bits per heavy atom. The van der Waals surface area contributed by atoms with E-state index in [1.54, 1.807) is 32.0 Å². The van der Waals surface area contributed by atoms with E-state index in [2.05, 4.69) is 5.32 Å². The van der Waals surface area contributed by atoms with E-state index in [4.69, 9.17) is 4.74 Å². The van der Waals surface area contributed by atoms with Crippen molar-refractivity contribution in [3.05, 3.63) is 35.6 Å². The summed E-state index contributed by atoms with van der Waals surface area (Å²) >= 11 is 0. The highest BCUT2D eigenvalue weighted by atomic mass is 19.1. The van der Waals surface area contributed by atoms with Gasteiger partial charge in [-0.1, -0.05) is 18.2 Å². The molecule has 4 nitrogen and oxygen atoms in total. The molecule has 0 bridgehead atoms. The predicted molar refractivity (Wildman–Crippen MR) is 81.7 cm³/mol. The van der Waals surface area contributed by atoms with Crippen LogP contribution in [0.4, 0.5) is 4.39 Å². The average Bonchev–Trinajstić information content (AvgIpc) is 2.41. The van der Waals surface area contributed by atoms with Crippen molar-refractivity contribution < 1.29 is 13.9 Å². The lowest BCUT2D eigenvalue weighted by molar-refractivity contribution is -0.150. The van der Waals surface area contributed by atoms with Crippen LogP contribution in [0, 0.1) is 5.82 Å². The summed E-state index contributed by atoms with van der Waals surface area (Å²) in [7, 11) is 3.92. The Kier molecular flexibility index (Phi) is 6.78. The fraction of sp³-hybridized carbons (Fsp3) is 0.562. The maximum atomic E-state index is 13.8. The third-order valence-electron chi connectivity index (χ3n) is 3.30. The molecule has 0 aliphatic heterocycles. The lowest BCUT2D eigenvalue weighted by Gasteiger charge is -2.29. The van der Waals surface area contributed by atoms with Crippen LogP contribution in [-0.2, 0) is 16.0 Å². The number of halogens is 1. The van der Waals surface area contributed by atoms with Crippen molar-refractivity contribution in [2.24, 2.45) is 0 Å². The van der Waals surface area contributed by atoms with E-state index in [9.17, 15) is 9.18 Å². The van der Waals surface area contributed by atoms with E-state index in [0.29, 0.717) is 18.7 Å². The maximum Gasteiger partial charge on any atom is 0.326 e. The summed E-state index contributed by atoms with van der Waals surface area (Å²) in [6.07, 6.45) is 0.256. The Morgan fingerprint density at radius 1 is 1.38 bits per heavy atom. The van der Waals surface area contributed by atoms with Crippen molar-refractivity contribution in [1.29, 1.82) is 0 Å². The smallest absolute Gasteiger partial charge is 0.326 e. The molecule has 0 saturated heterocycles. The molecule has 1 unspecified atom stereocenters. The highest BCUT2D eigenvalue weighted by Crippen LogP contribution is 2.18. The molecule has 5 heteroatoms. The monoisotopic (exact) mass is 296 g/mol. The van der Waals surface area contributed by atoms with E-state index in [1.165, 1.54) is 6.07 Å². The van der Waals surface area contributed by atoms with Gasteiger partial charge in [-0.3, -0.25) is 4.79 Å². The van der Waals surface area contributed by atoms with Crippen molar-refractivity contribution in [2.75, 3.05) is 33.8 Å². The zero-order chi connectivity index (χ0) is 15.9. The van der Waals surface area contributed by atoms with Gasteiger partial charge in [-0.05, 0) is 39.6 Å². The molecule has 0 heterocycles. The zero-order valence-corrected chi connectivity index (χ0v) is 13.3. The van der Waals surface area contributed by atoms with Gasteiger partial charge in [0.15, 0.2) is 0 Å². The van der Waals surface area contributed by atoms with Crippen molar-refractivity contribution >= 4 is 5.97 Å². The molecule has 1 aromatic rings. The minimum Gasteiger partial charge on any atom is -0.465 e. The van der Waals surface area contributed by atoms with Crippen LogP contribution in [-0.4, -0.2) is 50.2 Å². The summed E-state index contributed by atoms with van der Waals surface area (Å²) in [5, 5.41) is 3.20. The fourth-order valence-electron chi connectivity index (χ4n) is 2.08. The molecule has 0 saturated carbocycles. The third-order valence-corrected chi connectivity index (χ3v) is 3.30. The Morgan fingerprint density at radius 2 is 2.05 bits per heavy atom. The first-order chi connectivity index (χ1) is 9.89. The molecule has 0 aromatic heterocycles. The Hall–Kier alpha value is -1.46. The molecule has 0 fully saturated rings. The van der Waals surface area contributed by atoms with Crippen molar-refractivity contribution in [3.63, 3.8) is 0 Å². The van der Waals surface area contributed by atoms with Gasteiger partial charge in [-0.25, -0.2) is 4.39 Å². The largest absolute Gasteiger partial charge is 0.465 e. The SMILES string of the molecule is CCOC(=O)C(C)(Cc1ccccc1F)NCCN(C)C. The summed E-state index contributed by atoms with van der Waals surface area (Å²) < 4.78 is 19.0. The average molecular weight is 296 g/mol. The van der Waals surface area contributed by atoms with Gasteiger partial charge in [0.1, 0.15) is 11.4 Å². The molecule has 0 aliphatic rings. The van der Waals surface area contributed by atoms with Crippen molar-refractivity contribution in [3.8, 4) is 0 Å². The highest BCUT2D eigenvalue weighted by Gasteiger charge is 2.35. The van der Waals surface area contributed by atoms with Crippen LogP contribution < -0.4 is 5.32 Å². The lowest BCUT2D eigenvalue weighted by Crippen LogP contribution is -2.53. The summed E-state index contributed by atoms with van der Waals surface area (Å²) in [5.41, 5.74) is -0.431. The molecular weight excluding hydrogens is 271 g/mol. The molecule has 1 rings (SSSR count). The van der Waals surface area contributed by atoms with Crippen LogP contribution in [0.5, 0.6) is 0 Å². The second-order valence-corrected chi connectivity index (χ2v) is 5.55. The fourth-order valence-corrected chi connectivity index (χ4v) is 2.08. The van der Waals surface area contributed by atoms with Gasteiger partial charge >= 0.3 is 5.97 Å². The van der Waals surface area contributed by atoms with Gasteiger partial charge in [0.2, 0.25) is 0 Å². The summed E-state index contributed by atoms with van der Waals surface area (Å²) in [6, 6.07) is 6.50. The molecule has 1 N–H and O–H groups in total. The van der Waals surface area contributed by atoms with Crippen LogP contribution in [0.1, 0.15) is 19.4 Å². The van der Waals surface area contributed by atoms with Crippen LogP contribution in [0.15, 0.2) is 24.3 Å². The molecule has 118 valence electrons. The van der Waals surface area contributed by atoms with Gasteiger partial charge < -0.3 is 15.0 Å².